The summed E-state index contributed by atoms with van der Waals surface area (Å²) in [6.45, 7) is 0. The van der Waals surface area contributed by atoms with Crippen LogP contribution in [0.3, 0.4) is 0 Å². The molecule has 0 unspecified atom stereocenters. The monoisotopic (exact) mass is 172 g/mol. The summed E-state index contributed by atoms with van der Waals surface area (Å²) in [4.78, 5) is 0. The van der Waals surface area contributed by atoms with Crippen molar-refractivity contribution in [1.29, 1.82) is 0 Å². The lowest BCUT2D eigenvalue weighted by Crippen LogP contribution is -2.27. The molecular weight excluding hydrogens is 158 g/mol. The zero-order valence-corrected chi connectivity index (χ0v) is 7.38. The van der Waals surface area contributed by atoms with Gasteiger partial charge in [0.2, 0.25) is 0 Å². The van der Waals surface area contributed by atoms with Crippen LogP contribution in [-0.4, -0.2) is 50.2 Å². The summed E-state index contributed by atoms with van der Waals surface area (Å²) in [5.74, 6) is 0. The first kappa shape index (κ1) is 12.5. The van der Waals surface area contributed by atoms with Crippen molar-refractivity contribution < 1.29 is 22.0 Å². The first-order valence-electron chi connectivity index (χ1n) is 2.49. The fraction of sp³-hybridized carbons (Fsp3) is 1.00. The molecule has 0 aromatic rings. The molecule has 0 heterocycles. The molecule has 0 saturated heterocycles. The Hall–Kier alpha value is -0.170. The molecule has 0 aliphatic carbocycles. The zero-order chi connectivity index (χ0) is 9.00. The number of nitrogens with zero attached hydrogens (tertiary/aromatic N) is 1. The Morgan fingerprint density at radius 1 is 1.00 bits per heavy atom. The van der Waals surface area contributed by atoms with Crippen molar-refractivity contribution in [2.24, 2.45) is 0 Å². The van der Waals surface area contributed by atoms with Crippen LogP contribution in [0.15, 0.2) is 0 Å². The second-order valence-corrected chi connectivity index (χ2v) is 4.03. The van der Waals surface area contributed by atoms with E-state index in [9.17, 15) is 0 Å². The van der Waals surface area contributed by atoms with Crippen LogP contribution in [0.1, 0.15) is 0 Å². The minimum Gasteiger partial charge on any atom is -0.333 e. The standard InChI is InChI=1S/C4H12N.H2O4S/c2*1-5(2,3)4/h1-4H3;(H2,1,2,3,4)/q+1;. The molecule has 0 bridgehead atoms. The first-order chi connectivity index (χ1) is 4.00. The van der Waals surface area contributed by atoms with E-state index in [1.165, 1.54) is 0 Å². The summed E-state index contributed by atoms with van der Waals surface area (Å²) in [6.07, 6.45) is 0. The molecule has 0 aromatic carbocycles. The fourth-order valence-corrected chi connectivity index (χ4v) is 0. The second-order valence-electron chi connectivity index (χ2n) is 3.13. The summed E-state index contributed by atoms with van der Waals surface area (Å²) >= 11 is 0. The summed E-state index contributed by atoms with van der Waals surface area (Å²) in [7, 11) is 3.83. The van der Waals surface area contributed by atoms with Gasteiger partial charge in [-0.2, -0.15) is 8.42 Å². The fourth-order valence-electron chi connectivity index (χ4n) is 0. The van der Waals surface area contributed by atoms with Gasteiger partial charge in [-0.1, -0.05) is 0 Å². The number of rotatable bonds is 0. The highest BCUT2D eigenvalue weighted by Crippen LogP contribution is 1.73. The predicted molar refractivity (Wildman–Crippen MR) is 38.1 cm³/mol. The van der Waals surface area contributed by atoms with E-state index >= 15 is 0 Å². The van der Waals surface area contributed by atoms with Gasteiger partial charge in [0.25, 0.3) is 0 Å². The third kappa shape index (κ3) is 12600. The van der Waals surface area contributed by atoms with Gasteiger partial charge in [0.05, 0.1) is 28.2 Å². The van der Waals surface area contributed by atoms with Crippen LogP contribution in [0.25, 0.3) is 0 Å². The van der Waals surface area contributed by atoms with Crippen LogP contribution < -0.4 is 0 Å². The summed E-state index contributed by atoms with van der Waals surface area (Å²) in [5, 5.41) is 0. The highest BCUT2D eigenvalue weighted by Gasteiger charge is 1.88. The van der Waals surface area contributed by atoms with Crippen LogP contribution in [0.2, 0.25) is 0 Å². The average molecular weight is 172 g/mol. The minimum absolute atomic E-state index is 1.00. The molecule has 0 amide bonds. The van der Waals surface area contributed by atoms with Crippen LogP contribution in [0, 0.1) is 0 Å². The van der Waals surface area contributed by atoms with Crippen molar-refractivity contribution in [3.8, 4) is 0 Å². The van der Waals surface area contributed by atoms with E-state index in [0.717, 1.165) is 4.48 Å². The van der Waals surface area contributed by atoms with Crippen LogP contribution >= 0.6 is 0 Å². The molecule has 0 aliphatic rings. The summed E-state index contributed by atoms with van der Waals surface area (Å²) in [6, 6.07) is 0. The maximum Gasteiger partial charge on any atom is 0.394 e. The molecule has 0 spiro atoms. The maximum atomic E-state index is 8.74. The van der Waals surface area contributed by atoms with E-state index in [0.29, 0.717) is 0 Å². The van der Waals surface area contributed by atoms with Crippen molar-refractivity contribution in [2.75, 3.05) is 28.2 Å². The SMILES string of the molecule is C[N+](C)(C)C.O=S(=O)(O)O. The summed E-state index contributed by atoms with van der Waals surface area (Å²) < 4.78 is 32.6. The number of hydrogen-bond donors (Lipinski definition) is 2. The lowest BCUT2D eigenvalue weighted by molar-refractivity contribution is -0.849. The lowest BCUT2D eigenvalue weighted by atomic mass is 10.8. The van der Waals surface area contributed by atoms with E-state index in [4.69, 9.17) is 17.5 Å². The normalized spacial score (nSPS) is 11.8. The second kappa shape index (κ2) is 3.87. The highest BCUT2D eigenvalue weighted by molar-refractivity contribution is 7.79. The predicted octanol–water partition coefficient (Wildman–Crippen LogP) is -0.330. The molecule has 5 nitrogen and oxygen atoms in total. The van der Waals surface area contributed by atoms with Crippen molar-refractivity contribution in [3.05, 3.63) is 0 Å². The Balaban J connectivity index is 0. The van der Waals surface area contributed by atoms with Crippen LogP contribution in [0.4, 0.5) is 0 Å². The van der Waals surface area contributed by atoms with Gasteiger partial charge in [0.15, 0.2) is 0 Å². The van der Waals surface area contributed by atoms with E-state index < -0.39 is 10.4 Å². The van der Waals surface area contributed by atoms with Crippen molar-refractivity contribution in [3.63, 3.8) is 0 Å². The van der Waals surface area contributed by atoms with Gasteiger partial charge in [-0.3, -0.25) is 9.11 Å². The van der Waals surface area contributed by atoms with E-state index in [2.05, 4.69) is 28.2 Å². The lowest BCUT2D eigenvalue weighted by Gasteiger charge is -2.14. The topological polar surface area (TPSA) is 74.6 Å². The Kier molecular flexibility index (Phi) is 4.84. The molecule has 0 saturated carbocycles. The molecule has 0 fully saturated rings. The van der Waals surface area contributed by atoms with E-state index in [1.807, 2.05) is 0 Å². The highest BCUT2D eigenvalue weighted by atomic mass is 32.3. The third-order valence-electron chi connectivity index (χ3n) is 0. The molecule has 0 aromatic heterocycles. The van der Waals surface area contributed by atoms with Crippen molar-refractivity contribution in [2.45, 2.75) is 0 Å². The third-order valence-corrected chi connectivity index (χ3v) is 0. The molecule has 0 radical (unpaired) electrons. The molecule has 0 aliphatic heterocycles. The largest absolute Gasteiger partial charge is 0.394 e. The molecule has 64 valence electrons. The number of hydrogen-bond acceptors (Lipinski definition) is 2. The van der Waals surface area contributed by atoms with Gasteiger partial charge >= 0.3 is 10.4 Å². The zero-order valence-electron chi connectivity index (χ0n) is 6.57. The van der Waals surface area contributed by atoms with Crippen LogP contribution in [0.5, 0.6) is 0 Å². The van der Waals surface area contributed by atoms with Crippen LogP contribution in [-0.2, 0) is 10.4 Å². The van der Waals surface area contributed by atoms with Crippen molar-refractivity contribution >= 4 is 10.4 Å². The quantitative estimate of drug-likeness (QED) is 0.387. The van der Waals surface area contributed by atoms with Gasteiger partial charge in [-0.25, -0.2) is 0 Å². The van der Waals surface area contributed by atoms with Gasteiger partial charge in [0.1, 0.15) is 0 Å². The first-order valence-corrected chi connectivity index (χ1v) is 3.88. The van der Waals surface area contributed by atoms with Gasteiger partial charge < -0.3 is 4.48 Å². The number of quaternary nitrogens is 1. The average Bonchev–Trinajstić information content (AvgIpc) is 1.12. The minimum atomic E-state index is -4.67. The van der Waals surface area contributed by atoms with Gasteiger partial charge in [-0.15, -0.1) is 0 Å². The van der Waals surface area contributed by atoms with Gasteiger partial charge in [0, 0.05) is 0 Å². The molecular formula is C4H14NO4S+. The maximum absolute atomic E-state index is 8.74. The molecule has 10 heavy (non-hydrogen) atoms. The molecule has 6 heteroatoms. The Labute approximate surface area is 61.4 Å². The molecule has 2 N–H and O–H groups in total. The summed E-state index contributed by atoms with van der Waals surface area (Å²) in [5.41, 5.74) is 0. The Bertz CT molecular complexity index is 152. The van der Waals surface area contributed by atoms with Gasteiger partial charge in [-0.05, 0) is 0 Å². The van der Waals surface area contributed by atoms with E-state index in [1.54, 1.807) is 0 Å². The van der Waals surface area contributed by atoms with Crippen molar-refractivity contribution in [1.82, 2.24) is 0 Å². The Morgan fingerprint density at radius 2 is 1.00 bits per heavy atom. The molecule has 0 rings (SSSR count). The molecule has 0 atom stereocenters. The Morgan fingerprint density at radius 3 is 1.00 bits per heavy atom. The smallest absolute Gasteiger partial charge is 0.333 e. The van der Waals surface area contributed by atoms with E-state index in [-0.39, 0.29) is 0 Å².